The normalized spacial score (nSPS) is 11.6. The summed E-state index contributed by atoms with van der Waals surface area (Å²) in [5, 5.41) is 40.9. The first-order valence-corrected chi connectivity index (χ1v) is 16.6. The molecule has 0 aliphatic carbocycles. The molecular formula is C26H26F6N8O6S3. The van der Waals surface area contributed by atoms with Crippen LogP contribution in [0.25, 0.3) is 0 Å². The van der Waals surface area contributed by atoms with Crippen molar-refractivity contribution in [2.45, 2.75) is 33.9 Å². The zero-order valence-corrected chi connectivity index (χ0v) is 27.3. The number of nitro groups is 2. The number of nitro benzene ring substituents is 2. The molecule has 2 aromatic carbocycles. The number of thioether (sulfide) groups is 2. The highest BCUT2D eigenvalue weighted by Crippen LogP contribution is 2.36. The summed E-state index contributed by atoms with van der Waals surface area (Å²) < 4.78 is 77.9. The number of amides is 2. The molecule has 0 bridgehead atoms. The van der Waals surface area contributed by atoms with E-state index in [0.29, 0.717) is 33.7 Å². The van der Waals surface area contributed by atoms with Crippen molar-refractivity contribution in [3.05, 3.63) is 67.8 Å². The van der Waals surface area contributed by atoms with Crippen LogP contribution >= 0.6 is 34.9 Å². The van der Waals surface area contributed by atoms with Crippen molar-refractivity contribution < 1.29 is 45.8 Å². The van der Waals surface area contributed by atoms with Crippen LogP contribution in [0.4, 0.5) is 49.1 Å². The van der Waals surface area contributed by atoms with Gasteiger partial charge in [-0.25, -0.2) is 0 Å². The second-order valence-electron chi connectivity index (χ2n) is 9.65. The summed E-state index contributed by atoms with van der Waals surface area (Å²) in [5.74, 6) is -0.670. The summed E-state index contributed by atoms with van der Waals surface area (Å²) in [6.45, 7) is 0.680. The maximum Gasteiger partial charge on any atom is 0.416 e. The molecule has 14 nitrogen and oxygen atoms in total. The number of carbonyl (C=O) groups is 2. The van der Waals surface area contributed by atoms with Gasteiger partial charge in [0, 0.05) is 38.3 Å². The molecule has 2 amide bonds. The van der Waals surface area contributed by atoms with Gasteiger partial charge in [0.1, 0.15) is 11.4 Å². The standard InChI is InChI=1S/C26H26F6N8O6S3/c27-25(28,29)15-3-5-17(19(11-15)39(43)44)33-7-1-9-35-21(41)13-47-23-37-38-24(49-23)48-14-22(42)36-10-2-8-34-18-6-4-16(26(30,31)32)12-20(18)40(45)46/h3-6,11-12,33-34H,1-2,7-10,13-14H2,(H,35,41)(H,36,42). The lowest BCUT2D eigenvalue weighted by Crippen LogP contribution is -2.27. The number of hydrogen-bond acceptors (Lipinski definition) is 13. The molecule has 23 heteroatoms. The van der Waals surface area contributed by atoms with Gasteiger partial charge >= 0.3 is 12.4 Å². The Morgan fingerprint density at radius 1 is 0.694 bits per heavy atom. The molecule has 0 fully saturated rings. The second-order valence-corrected chi connectivity index (χ2v) is 13.1. The number of benzene rings is 2. The molecule has 0 saturated carbocycles. The topological polar surface area (TPSA) is 194 Å². The Balaban J connectivity index is 1.29. The molecular weight excluding hydrogens is 731 g/mol. The number of nitrogens with zero attached hydrogens (tertiary/aromatic N) is 4. The predicted molar refractivity (Wildman–Crippen MR) is 170 cm³/mol. The first-order chi connectivity index (χ1) is 23.0. The Bertz CT molecular complexity index is 1530. The number of halogens is 6. The number of aromatic nitrogens is 2. The molecule has 0 atom stereocenters. The lowest BCUT2D eigenvalue weighted by Gasteiger charge is -2.11. The van der Waals surface area contributed by atoms with Gasteiger partial charge in [0.05, 0.1) is 32.5 Å². The Morgan fingerprint density at radius 2 is 1.08 bits per heavy atom. The summed E-state index contributed by atoms with van der Waals surface area (Å²) in [4.78, 5) is 44.8. The highest BCUT2D eigenvalue weighted by Gasteiger charge is 2.34. The first kappa shape index (κ1) is 39.1. The Kier molecular flexibility index (Phi) is 14.2. The summed E-state index contributed by atoms with van der Waals surface area (Å²) in [6.07, 6.45) is -8.78. The fourth-order valence-electron chi connectivity index (χ4n) is 3.77. The van der Waals surface area contributed by atoms with E-state index in [1.165, 1.54) is 0 Å². The largest absolute Gasteiger partial charge is 0.416 e. The molecule has 1 aromatic heterocycles. The molecule has 3 rings (SSSR count). The van der Waals surface area contributed by atoms with E-state index in [2.05, 4.69) is 31.5 Å². The highest BCUT2D eigenvalue weighted by molar-refractivity contribution is 8.03. The zero-order chi connectivity index (χ0) is 36.2. The van der Waals surface area contributed by atoms with Crippen molar-refractivity contribution in [1.29, 1.82) is 0 Å². The molecule has 0 spiro atoms. The van der Waals surface area contributed by atoms with E-state index in [4.69, 9.17) is 0 Å². The highest BCUT2D eigenvalue weighted by atomic mass is 32.2. The Labute approximate surface area is 285 Å². The average molecular weight is 757 g/mol. The van der Waals surface area contributed by atoms with E-state index < -0.39 is 44.7 Å². The van der Waals surface area contributed by atoms with Crippen LogP contribution in [-0.4, -0.2) is 69.5 Å². The quantitative estimate of drug-likeness (QED) is 0.0401. The summed E-state index contributed by atoms with van der Waals surface area (Å²) in [6, 6.07) is 4.33. The zero-order valence-electron chi connectivity index (χ0n) is 24.9. The third kappa shape index (κ3) is 12.9. The molecule has 4 N–H and O–H groups in total. The van der Waals surface area contributed by atoms with E-state index in [1.54, 1.807) is 0 Å². The number of alkyl halides is 6. The minimum Gasteiger partial charge on any atom is -0.379 e. The van der Waals surface area contributed by atoms with Crippen molar-refractivity contribution in [1.82, 2.24) is 20.8 Å². The van der Waals surface area contributed by atoms with Crippen LogP contribution < -0.4 is 21.3 Å². The fraction of sp³-hybridized carbons (Fsp3) is 0.385. The third-order valence-corrected chi connectivity index (χ3v) is 9.26. The number of nitrogens with one attached hydrogen (secondary N) is 4. The van der Waals surface area contributed by atoms with Gasteiger partial charge in [0.2, 0.25) is 11.8 Å². The number of hydrogen-bond donors (Lipinski definition) is 4. The molecule has 0 saturated heterocycles. The van der Waals surface area contributed by atoms with Gasteiger partial charge in [-0.05, 0) is 37.1 Å². The molecule has 3 aromatic rings. The smallest absolute Gasteiger partial charge is 0.379 e. The van der Waals surface area contributed by atoms with Crippen LogP contribution in [-0.2, 0) is 21.9 Å². The van der Waals surface area contributed by atoms with Crippen molar-refractivity contribution in [2.75, 3.05) is 48.3 Å². The average Bonchev–Trinajstić information content (AvgIpc) is 3.49. The van der Waals surface area contributed by atoms with Gasteiger partial charge < -0.3 is 21.3 Å². The SMILES string of the molecule is O=C(CSc1nnc(SCC(=O)NCCCNc2ccc(C(F)(F)F)cc2[N+](=O)[O-])s1)NCCCNc1ccc(C(F)(F)F)cc1[N+](=O)[O-]. The summed E-state index contributed by atoms with van der Waals surface area (Å²) in [7, 11) is 0. The molecule has 0 unspecified atom stereocenters. The van der Waals surface area contributed by atoms with E-state index in [-0.39, 0.29) is 60.9 Å². The molecule has 0 aliphatic rings. The van der Waals surface area contributed by atoms with Gasteiger partial charge in [-0.15, -0.1) is 10.2 Å². The first-order valence-electron chi connectivity index (χ1n) is 13.9. The van der Waals surface area contributed by atoms with Crippen LogP contribution in [0.2, 0.25) is 0 Å². The monoisotopic (exact) mass is 756 g/mol. The Morgan fingerprint density at radius 3 is 1.43 bits per heavy atom. The van der Waals surface area contributed by atoms with Crippen molar-refractivity contribution in [3.8, 4) is 0 Å². The van der Waals surface area contributed by atoms with Gasteiger partial charge in [-0.1, -0.05) is 34.9 Å². The Hall–Kier alpha value is -4.38. The van der Waals surface area contributed by atoms with Crippen LogP contribution in [0.1, 0.15) is 24.0 Å². The summed E-state index contributed by atoms with van der Waals surface area (Å²) >= 11 is 3.37. The molecule has 266 valence electrons. The van der Waals surface area contributed by atoms with Gasteiger partial charge in [-0.3, -0.25) is 29.8 Å². The van der Waals surface area contributed by atoms with Crippen LogP contribution in [0, 0.1) is 20.2 Å². The van der Waals surface area contributed by atoms with E-state index in [1.807, 2.05) is 0 Å². The minimum absolute atomic E-state index is 0.00125. The number of rotatable bonds is 18. The van der Waals surface area contributed by atoms with Crippen molar-refractivity contribution in [2.24, 2.45) is 0 Å². The van der Waals surface area contributed by atoms with Gasteiger partial charge in [0.15, 0.2) is 8.68 Å². The summed E-state index contributed by atoms with van der Waals surface area (Å²) in [5.41, 5.74) is -3.87. The van der Waals surface area contributed by atoms with Crippen LogP contribution in [0.3, 0.4) is 0 Å². The predicted octanol–water partition coefficient (Wildman–Crippen LogP) is 5.81. The molecule has 0 radical (unpaired) electrons. The number of carbonyl (C=O) groups excluding carboxylic acids is 2. The minimum atomic E-state index is -4.72. The van der Waals surface area contributed by atoms with Gasteiger partial charge in [0.25, 0.3) is 11.4 Å². The fourth-order valence-corrected chi connectivity index (χ4v) is 6.45. The van der Waals surface area contributed by atoms with E-state index in [9.17, 15) is 56.2 Å². The van der Waals surface area contributed by atoms with Crippen LogP contribution in [0.5, 0.6) is 0 Å². The molecule has 0 aliphatic heterocycles. The van der Waals surface area contributed by atoms with Crippen molar-refractivity contribution >= 4 is 69.4 Å². The lowest BCUT2D eigenvalue weighted by atomic mass is 10.1. The van der Waals surface area contributed by atoms with Crippen molar-refractivity contribution in [3.63, 3.8) is 0 Å². The van der Waals surface area contributed by atoms with E-state index in [0.717, 1.165) is 59.1 Å². The number of anilines is 2. The van der Waals surface area contributed by atoms with Gasteiger partial charge in [-0.2, -0.15) is 26.3 Å². The third-order valence-electron chi connectivity index (χ3n) is 6.07. The lowest BCUT2D eigenvalue weighted by molar-refractivity contribution is -0.384. The maximum atomic E-state index is 12.8. The maximum absolute atomic E-state index is 12.8. The van der Waals surface area contributed by atoms with E-state index >= 15 is 0 Å². The molecule has 49 heavy (non-hydrogen) atoms. The second kappa shape index (κ2) is 17.9. The van der Waals surface area contributed by atoms with Crippen LogP contribution in [0.15, 0.2) is 45.1 Å². The molecule has 1 heterocycles.